The summed E-state index contributed by atoms with van der Waals surface area (Å²) in [4.78, 5) is 14.1. The van der Waals surface area contributed by atoms with Gasteiger partial charge in [0.15, 0.2) is 0 Å². The van der Waals surface area contributed by atoms with Crippen LogP contribution in [0.15, 0.2) is 18.2 Å². The predicted octanol–water partition coefficient (Wildman–Crippen LogP) is 1.70. The zero-order valence-electron chi connectivity index (χ0n) is 13.8. The molecule has 0 aliphatic carbocycles. The second-order valence-electron chi connectivity index (χ2n) is 6.17. The molecule has 23 heavy (non-hydrogen) atoms. The van der Waals surface area contributed by atoms with Crippen LogP contribution in [-0.2, 0) is 4.79 Å². The van der Waals surface area contributed by atoms with Crippen LogP contribution in [-0.4, -0.2) is 36.2 Å². The van der Waals surface area contributed by atoms with Gasteiger partial charge in [-0.25, -0.2) is 4.39 Å². The van der Waals surface area contributed by atoms with Gasteiger partial charge in [0.05, 0.1) is 18.2 Å². The molecule has 5 nitrogen and oxygen atoms in total. The van der Waals surface area contributed by atoms with Crippen molar-refractivity contribution in [1.29, 1.82) is 0 Å². The Balaban J connectivity index is 2.19. The lowest BCUT2D eigenvalue weighted by Crippen LogP contribution is -2.42. The number of hydrogen-bond acceptors (Lipinski definition) is 4. The lowest BCUT2D eigenvalue weighted by molar-refractivity contribution is -0.123. The highest BCUT2D eigenvalue weighted by atomic mass is 19.1. The van der Waals surface area contributed by atoms with Crippen LogP contribution in [0.4, 0.5) is 10.1 Å². The average molecular weight is 323 g/mol. The van der Waals surface area contributed by atoms with Crippen LogP contribution in [0.5, 0.6) is 0 Å². The monoisotopic (exact) mass is 323 g/mol. The van der Waals surface area contributed by atoms with E-state index in [0.29, 0.717) is 19.3 Å². The van der Waals surface area contributed by atoms with Crippen molar-refractivity contribution < 1.29 is 14.3 Å². The smallest absolute Gasteiger partial charge is 0.237 e. The molecule has 1 aromatic rings. The standard InChI is InChI=1S/C17H26FN3O2/c1-3-15(19)17(23)20-11(2)14-10-12(18)4-5-16(14)21-8-6-13(22)7-9-21/h4-5,10-11,13,15,22H,3,6-9,19H2,1-2H3,(H,20,23)/t11-,15+/m1/s1. The maximum absolute atomic E-state index is 13.7. The van der Waals surface area contributed by atoms with Gasteiger partial charge in [0.1, 0.15) is 5.82 Å². The molecule has 0 spiro atoms. The van der Waals surface area contributed by atoms with Crippen molar-refractivity contribution in [3.8, 4) is 0 Å². The Hall–Kier alpha value is -1.66. The molecule has 0 unspecified atom stereocenters. The first-order valence-corrected chi connectivity index (χ1v) is 8.20. The van der Waals surface area contributed by atoms with E-state index in [1.807, 2.05) is 13.8 Å². The van der Waals surface area contributed by atoms with E-state index in [2.05, 4.69) is 10.2 Å². The highest BCUT2D eigenvalue weighted by molar-refractivity contribution is 5.82. The SMILES string of the molecule is CC[C@H](N)C(=O)N[C@H](C)c1cc(F)ccc1N1CCC(O)CC1. The Kier molecular flexibility index (Phi) is 5.96. The fourth-order valence-electron chi connectivity index (χ4n) is 2.85. The topological polar surface area (TPSA) is 78.6 Å². The molecule has 2 rings (SSSR count). The molecule has 1 heterocycles. The zero-order chi connectivity index (χ0) is 17.0. The highest BCUT2D eigenvalue weighted by Crippen LogP contribution is 2.29. The summed E-state index contributed by atoms with van der Waals surface area (Å²) in [6.07, 6.45) is 1.67. The first kappa shape index (κ1) is 17.7. The number of nitrogens with two attached hydrogens (primary N) is 1. The van der Waals surface area contributed by atoms with E-state index in [4.69, 9.17) is 5.73 Å². The number of carbonyl (C=O) groups excluding carboxylic acids is 1. The quantitative estimate of drug-likeness (QED) is 0.771. The number of amides is 1. The molecule has 0 aromatic heterocycles. The number of anilines is 1. The molecule has 1 aromatic carbocycles. The Labute approximate surface area is 136 Å². The number of benzene rings is 1. The number of hydrogen-bond donors (Lipinski definition) is 3. The minimum absolute atomic E-state index is 0.232. The van der Waals surface area contributed by atoms with Gasteiger partial charge in [-0.05, 0) is 44.4 Å². The predicted molar refractivity (Wildman–Crippen MR) is 88.7 cm³/mol. The molecule has 1 fully saturated rings. The summed E-state index contributed by atoms with van der Waals surface area (Å²) < 4.78 is 13.7. The first-order chi connectivity index (χ1) is 10.9. The molecule has 0 saturated carbocycles. The molecule has 0 radical (unpaired) electrons. The van der Waals surface area contributed by atoms with Gasteiger partial charge >= 0.3 is 0 Å². The van der Waals surface area contributed by atoms with Crippen molar-refractivity contribution in [2.45, 2.75) is 51.3 Å². The summed E-state index contributed by atoms with van der Waals surface area (Å²) >= 11 is 0. The van der Waals surface area contributed by atoms with Crippen molar-refractivity contribution >= 4 is 11.6 Å². The first-order valence-electron chi connectivity index (χ1n) is 8.20. The van der Waals surface area contributed by atoms with Gasteiger partial charge in [0.2, 0.25) is 5.91 Å². The Morgan fingerprint density at radius 1 is 1.48 bits per heavy atom. The van der Waals surface area contributed by atoms with E-state index in [1.54, 1.807) is 6.07 Å². The van der Waals surface area contributed by atoms with Gasteiger partial charge in [0, 0.05) is 24.3 Å². The number of nitrogens with one attached hydrogen (secondary N) is 1. The minimum atomic E-state index is -0.556. The van der Waals surface area contributed by atoms with Gasteiger partial charge in [-0.1, -0.05) is 6.92 Å². The van der Waals surface area contributed by atoms with Crippen LogP contribution in [0.25, 0.3) is 0 Å². The molecular weight excluding hydrogens is 297 g/mol. The van der Waals surface area contributed by atoms with Crippen LogP contribution < -0.4 is 16.0 Å². The lowest BCUT2D eigenvalue weighted by atomic mass is 10.0. The Bertz CT molecular complexity index is 545. The van der Waals surface area contributed by atoms with Crippen LogP contribution in [0.1, 0.15) is 44.7 Å². The molecule has 1 aliphatic rings. The summed E-state index contributed by atoms with van der Waals surface area (Å²) in [5.41, 5.74) is 7.38. The van der Waals surface area contributed by atoms with Crippen molar-refractivity contribution in [3.63, 3.8) is 0 Å². The van der Waals surface area contributed by atoms with Crippen molar-refractivity contribution in [1.82, 2.24) is 5.32 Å². The second kappa shape index (κ2) is 7.75. The molecule has 1 saturated heterocycles. The number of aliphatic hydroxyl groups is 1. The van der Waals surface area contributed by atoms with E-state index >= 15 is 0 Å². The molecule has 4 N–H and O–H groups in total. The van der Waals surface area contributed by atoms with Gasteiger partial charge in [-0.2, -0.15) is 0 Å². The van der Waals surface area contributed by atoms with Crippen molar-refractivity contribution in [3.05, 3.63) is 29.6 Å². The van der Waals surface area contributed by atoms with E-state index in [9.17, 15) is 14.3 Å². The molecular formula is C17H26FN3O2. The zero-order valence-corrected chi connectivity index (χ0v) is 13.8. The number of aliphatic hydroxyl groups excluding tert-OH is 1. The van der Waals surface area contributed by atoms with Crippen LogP contribution in [0.2, 0.25) is 0 Å². The summed E-state index contributed by atoms with van der Waals surface area (Å²) in [6.45, 7) is 5.11. The molecule has 128 valence electrons. The van der Waals surface area contributed by atoms with Crippen LogP contribution in [0.3, 0.4) is 0 Å². The van der Waals surface area contributed by atoms with Crippen molar-refractivity contribution in [2.75, 3.05) is 18.0 Å². The minimum Gasteiger partial charge on any atom is -0.393 e. The van der Waals surface area contributed by atoms with E-state index in [0.717, 1.165) is 24.3 Å². The maximum Gasteiger partial charge on any atom is 0.237 e. The number of nitrogens with zero attached hydrogens (tertiary/aromatic N) is 1. The molecule has 0 bridgehead atoms. The number of rotatable bonds is 5. The van der Waals surface area contributed by atoms with E-state index in [-0.39, 0.29) is 23.9 Å². The lowest BCUT2D eigenvalue weighted by Gasteiger charge is -2.34. The van der Waals surface area contributed by atoms with Crippen molar-refractivity contribution in [2.24, 2.45) is 5.73 Å². The number of halogens is 1. The molecule has 1 aliphatic heterocycles. The summed E-state index contributed by atoms with van der Waals surface area (Å²) in [6, 6.07) is 3.74. The number of piperidine rings is 1. The number of carbonyl (C=O) groups is 1. The largest absolute Gasteiger partial charge is 0.393 e. The van der Waals surface area contributed by atoms with Crippen LogP contribution in [0, 0.1) is 5.82 Å². The van der Waals surface area contributed by atoms with Gasteiger partial charge in [-0.3, -0.25) is 4.79 Å². The summed E-state index contributed by atoms with van der Waals surface area (Å²) in [7, 11) is 0. The fraction of sp³-hybridized carbons (Fsp3) is 0.588. The third-order valence-electron chi connectivity index (χ3n) is 4.40. The maximum atomic E-state index is 13.7. The summed E-state index contributed by atoms with van der Waals surface area (Å²) in [5.74, 6) is -0.564. The summed E-state index contributed by atoms with van der Waals surface area (Å²) in [5, 5.41) is 12.5. The Morgan fingerprint density at radius 2 is 2.13 bits per heavy atom. The van der Waals surface area contributed by atoms with Gasteiger partial charge < -0.3 is 21.1 Å². The molecule has 1 amide bonds. The Morgan fingerprint density at radius 3 is 2.74 bits per heavy atom. The van der Waals surface area contributed by atoms with Gasteiger partial charge in [-0.15, -0.1) is 0 Å². The second-order valence-corrected chi connectivity index (χ2v) is 6.17. The fourth-order valence-corrected chi connectivity index (χ4v) is 2.85. The normalized spacial score (nSPS) is 18.6. The highest BCUT2D eigenvalue weighted by Gasteiger charge is 2.23. The average Bonchev–Trinajstić information content (AvgIpc) is 2.54. The molecule has 2 atom stereocenters. The van der Waals surface area contributed by atoms with E-state index < -0.39 is 6.04 Å². The third-order valence-corrected chi connectivity index (χ3v) is 4.40. The van der Waals surface area contributed by atoms with Gasteiger partial charge in [0.25, 0.3) is 0 Å². The third kappa shape index (κ3) is 4.42. The van der Waals surface area contributed by atoms with E-state index in [1.165, 1.54) is 12.1 Å². The molecule has 6 heteroatoms. The van der Waals surface area contributed by atoms with Crippen LogP contribution >= 0.6 is 0 Å².